The number of pyridine rings is 1. The summed E-state index contributed by atoms with van der Waals surface area (Å²) in [5.74, 6) is 0.607. The zero-order chi connectivity index (χ0) is 19.6. The summed E-state index contributed by atoms with van der Waals surface area (Å²) in [5, 5.41) is 20.5. The molecule has 0 aliphatic rings. The minimum absolute atomic E-state index is 0.544. The van der Waals surface area contributed by atoms with Gasteiger partial charge in [0.15, 0.2) is 5.11 Å². The van der Waals surface area contributed by atoms with Crippen LogP contribution in [0.5, 0.6) is 0 Å². The van der Waals surface area contributed by atoms with Crippen molar-refractivity contribution in [3.63, 3.8) is 0 Å². The Morgan fingerprint density at radius 2 is 2.00 bits per heavy atom. The van der Waals surface area contributed by atoms with E-state index in [0.717, 1.165) is 42.6 Å². The highest BCUT2D eigenvalue weighted by molar-refractivity contribution is 7.80. The van der Waals surface area contributed by atoms with Crippen molar-refractivity contribution >= 4 is 34.1 Å². The number of nitrogens with one attached hydrogen (secondary N) is 3. The van der Waals surface area contributed by atoms with E-state index < -0.39 is 0 Å². The Morgan fingerprint density at radius 3 is 2.74 bits per heavy atom. The van der Waals surface area contributed by atoms with Gasteiger partial charge in [-0.1, -0.05) is 12.1 Å². The van der Waals surface area contributed by atoms with Crippen molar-refractivity contribution in [2.75, 3.05) is 38.2 Å². The maximum Gasteiger partial charge on any atom is 0.166 e. The first-order valence-corrected chi connectivity index (χ1v) is 9.62. The molecule has 144 valence electrons. The van der Waals surface area contributed by atoms with E-state index in [1.54, 1.807) is 0 Å². The zero-order valence-electron chi connectivity index (χ0n) is 16.2. The highest BCUT2D eigenvalue weighted by Gasteiger charge is 2.09. The van der Waals surface area contributed by atoms with Crippen LogP contribution >= 0.6 is 12.2 Å². The standard InChI is InChI=1S/C20H27N5OS/c1-4-26-11-5-8-23-20(27)24-10-9-22-19-17(13-21)12-16-7-6-14(2)15(3)18(16)25-19/h6-7,12H,4-5,8-11H2,1-3H3,(H,22,25)(H2,23,24,27). The SMILES string of the molecule is CCOCCCNC(=S)NCCNc1nc2c(C)c(C)ccc2cc1C#N. The fourth-order valence-corrected chi connectivity index (χ4v) is 2.85. The molecule has 0 saturated heterocycles. The first-order valence-electron chi connectivity index (χ1n) is 9.21. The lowest BCUT2D eigenvalue weighted by Crippen LogP contribution is -2.38. The van der Waals surface area contributed by atoms with Gasteiger partial charge in [-0.3, -0.25) is 0 Å². The topological polar surface area (TPSA) is 82.0 Å². The van der Waals surface area contributed by atoms with Gasteiger partial charge in [0.25, 0.3) is 0 Å². The van der Waals surface area contributed by atoms with Crippen molar-refractivity contribution in [3.05, 3.63) is 34.9 Å². The quantitative estimate of drug-likeness (QED) is 0.452. The summed E-state index contributed by atoms with van der Waals surface area (Å²) < 4.78 is 5.28. The zero-order valence-corrected chi connectivity index (χ0v) is 17.0. The molecular weight excluding hydrogens is 358 g/mol. The average molecular weight is 386 g/mol. The number of aromatic nitrogens is 1. The normalized spacial score (nSPS) is 10.4. The number of thiocarbonyl (C=S) groups is 1. The molecule has 2 rings (SSSR count). The summed E-state index contributed by atoms with van der Waals surface area (Å²) >= 11 is 5.25. The lowest BCUT2D eigenvalue weighted by Gasteiger charge is -2.13. The van der Waals surface area contributed by atoms with Gasteiger partial charge < -0.3 is 20.7 Å². The van der Waals surface area contributed by atoms with E-state index >= 15 is 0 Å². The molecule has 1 aromatic carbocycles. The van der Waals surface area contributed by atoms with Crippen molar-refractivity contribution in [2.45, 2.75) is 27.2 Å². The van der Waals surface area contributed by atoms with Crippen LogP contribution in [0.25, 0.3) is 10.9 Å². The molecule has 0 bridgehead atoms. The molecule has 7 heteroatoms. The van der Waals surface area contributed by atoms with E-state index in [2.05, 4.69) is 46.9 Å². The number of hydrogen-bond acceptors (Lipinski definition) is 5. The molecule has 0 saturated carbocycles. The van der Waals surface area contributed by atoms with Gasteiger partial charge in [0.05, 0.1) is 11.1 Å². The summed E-state index contributed by atoms with van der Waals surface area (Å²) in [4.78, 5) is 4.68. The second kappa shape index (κ2) is 10.7. The minimum atomic E-state index is 0.544. The third kappa shape index (κ3) is 6.05. The van der Waals surface area contributed by atoms with Gasteiger partial charge in [0.2, 0.25) is 0 Å². The van der Waals surface area contributed by atoms with Crippen LogP contribution < -0.4 is 16.0 Å². The fraction of sp³-hybridized carbons (Fsp3) is 0.450. The van der Waals surface area contributed by atoms with Crippen molar-refractivity contribution in [2.24, 2.45) is 0 Å². The predicted molar refractivity (Wildman–Crippen MR) is 114 cm³/mol. The largest absolute Gasteiger partial charge is 0.382 e. The number of rotatable bonds is 9. The van der Waals surface area contributed by atoms with Crippen LogP contribution in [-0.4, -0.2) is 42.9 Å². The van der Waals surface area contributed by atoms with E-state index in [4.69, 9.17) is 17.0 Å². The number of fused-ring (bicyclic) bond motifs is 1. The van der Waals surface area contributed by atoms with Crippen LogP contribution in [0, 0.1) is 25.2 Å². The summed E-state index contributed by atoms with van der Waals surface area (Å²) in [6.07, 6.45) is 0.916. The molecule has 1 aromatic heterocycles. The number of nitriles is 1. The lowest BCUT2D eigenvalue weighted by molar-refractivity contribution is 0.145. The number of anilines is 1. The van der Waals surface area contributed by atoms with Gasteiger partial charge in [0.1, 0.15) is 11.9 Å². The van der Waals surface area contributed by atoms with Crippen LogP contribution in [0.3, 0.4) is 0 Å². The minimum Gasteiger partial charge on any atom is -0.382 e. The third-order valence-corrected chi connectivity index (χ3v) is 4.58. The van der Waals surface area contributed by atoms with Crippen LogP contribution in [0.4, 0.5) is 5.82 Å². The molecule has 0 unspecified atom stereocenters. The maximum atomic E-state index is 9.42. The highest BCUT2D eigenvalue weighted by Crippen LogP contribution is 2.24. The van der Waals surface area contributed by atoms with Crippen molar-refractivity contribution in [3.8, 4) is 6.07 Å². The maximum absolute atomic E-state index is 9.42. The molecule has 3 N–H and O–H groups in total. The molecule has 0 fully saturated rings. The Kier molecular flexibility index (Phi) is 8.24. The molecule has 6 nitrogen and oxygen atoms in total. The Balaban J connectivity index is 1.86. The van der Waals surface area contributed by atoms with Crippen LogP contribution in [0.15, 0.2) is 18.2 Å². The molecule has 1 heterocycles. The van der Waals surface area contributed by atoms with Crippen molar-refractivity contribution < 1.29 is 4.74 Å². The van der Waals surface area contributed by atoms with Gasteiger partial charge in [-0.15, -0.1) is 0 Å². The Hall–Kier alpha value is -2.43. The summed E-state index contributed by atoms with van der Waals surface area (Å²) in [7, 11) is 0. The average Bonchev–Trinajstić information content (AvgIpc) is 2.67. The molecule has 0 radical (unpaired) electrons. The summed E-state index contributed by atoms with van der Waals surface area (Å²) in [6.45, 7) is 9.59. The molecule has 0 aliphatic carbocycles. The second-order valence-corrected chi connectivity index (χ2v) is 6.64. The van der Waals surface area contributed by atoms with Gasteiger partial charge in [-0.2, -0.15) is 5.26 Å². The summed E-state index contributed by atoms with van der Waals surface area (Å²) in [6, 6.07) is 8.17. The molecule has 27 heavy (non-hydrogen) atoms. The van der Waals surface area contributed by atoms with Gasteiger partial charge in [-0.05, 0) is 56.6 Å². The number of hydrogen-bond donors (Lipinski definition) is 3. The Bertz CT molecular complexity index is 831. The smallest absolute Gasteiger partial charge is 0.166 e. The molecule has 2 aromatic rings. The van der Waals surface area contributed by atoms with Crippen LogP contribution in [0.2, 0.25) is 0 Å². The van der Waals surface area contributed by atoms with E-state index in [0.29, 0.717) is 29.6 Å². The molecule has 0 aliphatic heterocycles. The predicted octanol–water partition coefficient (Wildman–Crippen LogP) is 3.03. The van der Waals surface area contributed by atoms with Crippen molar-refractivity contribution in [1.82, 2.24) is 15.6 Å². The number of ether oxygens (including phenoxy) is 1. The molecular formula is C20H27N5OS. The monoisotopic (exact) mass is 385 g/mol. The van der Waals surface area contributed by atoms with Crippen molar-refractivity contribution in [1.29, 1.82) is 5.26 Å². The first kappa shape index (κ1) is 20.9. The second-order valence-electron chi connectivity index (χ2n) is 6.24. The fourth-order valence-electron chi connectivity index (χ4n) is 2.64. The number of nitrogens with zero attached hydrogens (tertiary/aromatic N) is 2. The number of aryl methyl sites for hydroxylation is 2. The van der Waals surface area contributed by atoms with E-state index in [-0.39, 0.29) is 0 Å². The van der Waals surface area contributed by atoms with Crippen LogP contribution in [0.1, 0.15) is 30.0 Å². The van der Waals surface area contributed by atoms with E-state index in [9.17, 15) is 5.26 Å². The molecule has 0 spiro atoms. The van der Waals surface area contributed by atoms with Gasteiger partial charge in [0, 0.05) is 38.2 Å². The third-order valence-electron chi connectivity index (χ3n) is 4.29. The Morgan fingerprint density at radius 1 is 1.22 bits per heavy atom. The van der Waals surface area contributed by atoms with Gasteiger partial charge in [-0.25, -0.2) is 4.98 Å². The summed E-state index contributed by atoms with van der Waals surface area (Å²) in [5.41, 5.74) is 3.79. The molecule has 0 amide bonds. The lowest BCUT2D eigenvalue weighted by atomic mass is 10.0. The van der Waals surface area contributed by atoms with Gasteiger partial charge >= 0.3 is 0 Å². The van der Waals surface area contributed by atoms with Crippen LogP contribution in [-0.2, 0) is 4.74 Å². The first-order chi connectivity index (χ1) is 13.1. The van der Waals surface area contributed by atoms with E-state index in [1.807, 2.05) is 19.1 Å². The highest BCUT2D eigenvalue weighted by atomic mass is 32.1. The number of benzene rings is 1. The van der Waals surface area contributed by atoms with E-state index in [1.165, 1.54) is 5.56 Å². The molecule has 0 atom stereocenters. The Labute approximate surface area is 166 Å².